The van der Waals surface area contributed by atoms with Crippen molar-refractivity contribution in [3.05, 3.63) is 11.3 Å². The van der Waals surface area contributed by atoms with Gasteiger partial charge in [-0.2, -0.15) is 0 Å². The van der Waals surface area contributed by atoms with E-state index in [2.05, 4.69) is 13.8 Å². The van der Waals surface area contributed by atoms with Crippen molar-refractivity contribution >= 4 is 11.8 Å². The van der Waals surface area contributed by atoms with E-state index in [4.69, 9.17) is 9.47 Å². The SMILES string of the molecule is CCCCCCCCCC[C@H]1CC2=C(O[C@@H](CCCCCCC)CC2=O)C(=O)O1. The molecule has 0 aromatic rings. The number of carbonyl (C=O) groups is 2. The van der Waals surface area contributed by atoms with Gasteiger partial charge in [0.1, 0.15) is 12.2 Å². The van der Waals surface area contributed by atoms with Crippen molar-refractivity contribution in [1.82, 2.24) is 0 Å². The summed E-state index contributed by atoms with van der Waals surface area (Å²) < 4.78 is 11.5. The predicted octanol–water partition coefficient (Wildman–Crippen LogP) is 6.81. The van der Waals surface area contributed by atoms with Crippen LogP contribution in [0.1, 0.15) is 123 Å². The van der Waals surface area contributed by atoms with Crippen LogP contribution in [0.4, 0.5) is 0 Å². The smallest absolute Gasteiger partial charge is 0.374 e. The van der Waals surface area contributed by atoms with E-state index in [0.29, 0.717) is 18.4 Å². The van der Waals surface area contributed by atoms with Crippen LogP contribution < -0.4 is 0 Å². The van der Waals surface area contributed by atoms with Gasteiger partial charge in [0.25, 0.3) is 0 Å². The normalized spacial score (nSPS) is 21.7. The Bertz CT molecular complexity index is 537. The molecule has 2 rings (SSSR count). The molecule has 29 heavy (non-hydrogen) atoms. The summed E-state index contributed by atoms with van der Waals surface area (Å²) >= 11 is 0. The molecule has 4 nitrogen and oxygen atoms in total. The van der Waals surface area contributed by atoms with Crippen LogP contribution in [0.2, 0.25) is 0 Å². The first-order chi connectivity index (χ1) is 14.2. The highest BCUT2D eigenvalue weighted by Crippen LogP contribution is 2.33. The predicted molar refractivity (Wildman–Crippen MR) is 117 cm³/mol. The lowest BCUT2D eigenvalue weighted by atomic mass is 9.90. The lowest BCUT2D eigenvalue weighted by Gasteiger charge is -2.32. The van der Waals surface area contributed by atoms with Gasteiger partial charge in [0.2, 0.25) is 5.76 Å². The van der Waals surface area contributed by atoms with E-state index >= 15 is 0 Å². The highest BCUT2D eigenvalue weighted by atomic mass is 16.6. The van der Waals surface area contributed by atoms with Gasteiger partial charge >= 0.3 is 5.97 Å². The van der Waals surface area contributed by atoms with E-state index in [-0.39, 0.29) is 23.8 Å². The molecule has 0 aromatic carbocycles. The zero-order chi connectivity index (χ0) is 20.9. The number of hydrogen-bond acceptors (Lipinski definition) is 4. The van der Waals surface area contributed by atoms with Crippen molar-refractivity contribution in [2.24, 2.45) is 0 Å². The summed E-state index contributed by atoms with van der Waals surface area (Å²) in [6.45, 7) is 4.44. The molecule has 4 heteroatoms. The van der Waals surface area contributed by atoms with E-state index in [1.165, 1.54) is 70.6 Å². The first kappa shape index (κ1) is 24.0. The molecule has 0 N–H and O–H groups in total. The number of ketones is 1. The summed E-state index contributed by atoms with van der Waals surface area (Å²) in [6, 6.07) is 0. The van der Waals surface area contributed by atoms with E-state index in [9.17, 15) is 9.59 Å². The average molecular weight is 407 g/mol. The van der Waals surface area contributed by atoms with Crippen molar-refractivity contribution in [1.29, 1.82) is 0 Å². The molecule has 0 saturated carbocycles. The second-order valence-electron chi connectivity index (χ2n) is 8.87. The molecular weight excluding hydrogens is 364 g/mol. The summed E-state index contributed by atoms with van der Waals surface area (Å²) in [6.07, 6.45) is 18.4. The molecule has 0 saturated heterocycles. The number of cyclic esters (lactones) is 1. The summed E-state index contributed by atoms with van der Waals surface area (Å²) in [5.74, 6) is -0.103. The summed E-state index contributed by atoms with van der Waals surface area (Å²) in [4.78, 5) is 25.0. The number of hydrogen-bond donors (Lipinski definition) is 0. The van der Waals surface area contributed by atoms with Gasteiger partial charge in [-0.3, -0.25) is 4.79 Å². The second kappa shape index (κ2) is 13.8. The minimum absolute atomic E-state index is 0.0994. The van der Waals surface area contributed by atoms with Gasteiger partial charge in [-0.25, -0.2) is 4.79 Å². The van der Waals surface area contributed by atoms with Crippen LogP contribution in [0, 0.1) is 0 Å². The van der Waals surface area contributed by atoms with Gasteiger partial charge < -0.3 is 9.47 Å². The lowest BCUT2D eigenvalue weighted by molar-refractivity contribution is -0.155. The van der Waals surface area contributed by atoms with Gasteiger partial charge in [-0.15, -0.1) is 0 Å². The zero-order valence-corrected chi connectivity index (χ0v) is 18.8. The Morgan fingerprint density at radius 3 is 1.69 bits per heavy atom. The molecule has 0 bridgehead atoms. The number of unbranched alkanes of at least 4 members (excludes halogenated alkanes) is 11. The molecule has 0 radical (unpaired) electrons. The molecule has 2 aliphatic rings. The number of Topliss-reactive ketones (excluding diaryl/α,β-unsaturated/α-hetero) is 1. The van der Waals surface area contributed by atoms with E-state index in [1.54, 1.807) is 0 Å². The highest BCUT2D eigenvalue weighted by Gasteiger charge is 2.38. The number of carbonyl (C=O) groups excluding carboxylic acids is 2. The third kappa shape index (κ3) is 8.52. The van der Waals surface area contributed by atoms with Crippen LogP contribution in [-0.2, 0) is 19.1 Å². The molecule has 0 spiro atoms. The fraction of sp³-hybridized carbons (Fsp3) is 0.840. The van der Waals surface area contributed by atoms with Gasteiger partial charge in [-0.05, 0) is 25.7 Å². The Morgan fingerprint density at radius 1 is 0.655 bits per heavy atom. The molecular formula is C25H42O4. The number of esters is 1. The first-order valence-corrected chi connectivity index (χ1v) is 12.3. The molecule has 2 heterocycles. The third-order valence-electron chi connectivity index (χ3n) is 6.21. The molecule has 0 amide bonds. The third-order valence-corrected chi connectivity index (χ3v) is 6.21. The van der Waals surface area contributed by atoms with Crippen molar-refractivity contribution in [3.8, 4) is 0 Å². The standard InChI is InChI=1S/C25H42O4/c1-3-5-7-9-10-11-13-15-16-20-18-22-23(26)19-21(17-14-12-8-6-4-2)28-24(22)25(27)29-20/h20-21H,3-19H2,1-2H3/t20-,21-/m0/s1. The Labute approximate surface area is 177 Å². The number of rotatable bonds is 15. The Hall–Kier alpha value is -1.32. The molecule has 0 fully saturated rings. The van der Waals surface area contributed by atoms with Gasteiger partial charge in [0, 0.05) is 18.4 Å². The lowest BCUT2D eigenvalue weighted by Crippen LogP contribution is -2.36. The molecule has 0 aliphatic carbocycles. The Morgan fingerprint density at radius 2 is 1.14 bits per heavy atom. The maximum Gasteiger partial charge on any atom is 0.374 e. The maximum atomic E-state index is 12.6. The molecule has 0 unspecified atom stereocenters. The molecule has 2 atom stereocenters. The van der Waals surface area contributed by atoms with Crippen LogP contribution in [0.3, 0.4) is 0 Å². The Balaban J connectivity index is 1.69. The molecule has 166 valence electrons. The summed E-state index contributed by atoms with van der Waals surface area (Å²) in [7, 11) is 0. The fourth-order valence-corrected chi connectivity index (χ4v) is 4.39. The maximum absolute atomic E-state index is 12.6. The van der Waals surface area contributed by atoms with Gasteiger partial charge in [0.15, 0.2) is 5.78 Å². The van der Waals surface area contributed by atoms with Crippen LogP contribution in [0.25, 0.3) is 0 Å². The van der Waals surface area contributed by atoms with E-state index < -0.39 is 5.97 Å². The topological polar surface area (TPSA) is 52.6 Å². The summed E-state index contributed by atoms with van der Waals surface area (Å²) in [5.41, 5.74) is 0.591. The van der Waals surface area contributed by atoms with E-state index in [0.717, 1.165) is 25.7 Å². The zero-order valence-electron chi connectivity index (χ0n) is 18.8. The molecule has 2 aliphatic heterocycles. The van der Waals surface area contributed by atoms with Crippen LogP contribution >= 0.6 is 0 Å². The van der Waals surface area contributed by atoms with Crippen molar-refractivity contribution < 1.29 is 19.1 Å². The summed E-state index contributed by atoms with van der Waals surface area (Å²) in [5, 5.41) is 0. The molecule has 0 aromatic heterocycles. The van der Waals surface area contributed by atoms with Crippen molar-refractivity contribution in [2.75, 3.05) is 0 Å². The van der Waals surface area contributed by atoms with Crippen LogP contribution in [0.15, 0.2) is 11.3 Å². The highest BCUT2D eigenvalue weighted by molar-refractivity contribution is 6.04. The fourth-order valence-electron chi connectivity index (χ4n) is 4.39. The largest absolute Gasteiger partial charge is 0.482 e. The quantitative estimate of drug-likeness (QED) is 0.221. The van der Waals surface area contributed by atoms with Crippen molar-refractivity contribution in [3.63, 3.8) is 0 Å². The average Bonchev–Trinajstić information content (AvgIpc) is 2.71. The first-order valence-electron chi connectivity index (χ1n) is 12.3. The van der Waals surface area contributed by atoms with Crippen LogP contribution in [0.5, 0.6) is 0 Å². The van der Waals surface area contributed by atoms with Gasteiger partial charge in [-0.1, -0.05) is 84.5 Å². The Kier molecular flexibility index (Phi) is 11.4. The monoisotopic (exact) mass is 406 g/mol. The number of ether oxygens (including phenoxy) is 2. The van der Waals surface area contributed by atoms with Crippen molar-refractivity contribution in [2.45, 2.75) is 135 Å². The van der Waals surface area contributed by atoms with Crippen LogP contribution in [-0.4, -0.2) is 24.0 Å². The second-order valence-corrected chi connectivity index (χ2v) is 8.87. The minimum atomic E-state index is -0.417. The van der Waals surface area contributed by atoms with Gasteiger partial charge in [0.05, 0.1) is 0 Å². The minimum Gasteiger partial charge on any atom is -0.482 e. The van der Waals surface area contributed by atoms with E-state index in [1.807, 2.05) is 0 Å².